The Hall–Kier alpha value is -7.61. The minimum absolute atomic E-state index is 0.114. The Morgan fingerprint density at radius 3 is 1.49 bits per heavy atom. The molecule has 1 aliphatic rings. The topological polar surface area (TPSA) is 12.9 Å². The predicted octanol–water partition coefficient (Wildman–Crippen LogP) is 16.2. The highest BCUT2D eigenvalue weighted by atomic mass is 14.7. The molecular formula is C60H43N. The summed E-state index contributed by atoms with van der Waals surface area (Å²) in [6, 6.07) is 81.8. The molecule has 288 valence electrons. The van der Waals surface area contributed by atoms with Gasteiger partial charge in [0.1, 0.15) is 0 Å². The SMILES string of the molecule is CC1(C)c2ccccc2-c2cc(-c3ccc4ccccc4c3)c(-c3cccc(-c4cccc(-c5cc(-c6cccc(-c7ccccc7)c6)cc(-c6ccccc6)n5)c4)c3)cc21. The summed E-state index contributed by atoms with van der Waals surface area (Å²) >= 11 is 0. The minimum Gasteiger partial charge on any atom is -0.248 e. The Bertz CT molecular complexity index is 3270. The fourth-order valence-corrected chi connectivity index (χ4v) is 9.42. The second-order valence-electron chi connectivity index (χ2n) is 16.8. The van der Waals surface area contributed by atoms with Gasteiger partial charge in [0.05, 0.1) is 11.4 Å². The van der Waals surface area contributed by atoms with Crippen LogP contribution in [0.1, 0.15) is 25.0 Å². The summed E-state index contributed by atoms with van der Waals surface area (Å²) in [6.45, 7) is 4.73. The molecule has 1 aliphatic carbocycles. The number of pyridine rings is 1. The van der Waals surface area contributed by atoms with Crippen LogP contribution in [-0.4, -0.2) is 4.98 Å². The van der Waals surface area contributed by atoms with Crippen molar-refractivity contribution < 1.29 is 0 Å². The molecule has 0 saturated heterocycles. The molecule has 0 N–H and O–H groups in total. The Balaban J connectivity index is 1.03. The number of hydrogen-bond donors (Lipinski definition) is 0. The van der Waals surface area contributed by atoms with Gasteiger partial charge in [-0.3, -0.25) is 0 Å². The molecular weight excluding hydrogens is 735 g/mol. The summed E-state index contributed by atoms with van der Waals surface area (Å²) in [7, 11) is 0. The molecule has 0 spiro atoms. The van der Waals surface area contributed by atoms with E-state index in [-0.39, 0.29) is 5.41 Å². The molecule has 0 fully saturated rings. The van der Waals surface area contributed by atoms with Crippen LogP contribution in [0.3, 0.4) is 0 Å². The van der Waals surface area contributed by atoms with E-state index < -0.39 is 0 Å². The van der Waals surface area contributed by atoms with Gasteiger partial charge in [0, 0.05) is 16.5 Å². The first-order valence-electron chi connectivity index (χ1n) is 21.2. The monoisotopic (exact) mass is 777 g/mol. The first-order chi connectivity index (χ1) is 30.0. The molecule has 0 saturated carbocycles. The third-order valence-electron chi connectivity index (χ3n) is 12.6. The van der Waals surface area contributed by atoms with Crippen molar-refractivity contribution in [3.05, 3.63) is 236 Å². The fraction of sp³-hybridized carbons (Fsp3) is 0.0500. The lowest BCUT2D eigenvalue weighted by molar-refractivity contribution is 0.660. The standard InChI is InChI=1S/C60H43N/c1-60(2)56-29-12-11-28-52(56)55-38-53(49-31-30-41-18-9-10-21-43(41)33-49)54(39-57(55)60)48-26-14-23-45(34-48)46-24-15-27-50(35-46)59-37-51(36-58(61-59)42-19-7-4-8-20-42)47-25-13-22-44(32-47)40-16-5-3-6-17-40/h3-39H,1-2H3. The Morgan fingerprint density at radius 2 is 0.754 bits per heavy atom. The number of fused-ring (bicyclic) bond motifs is 4. The molecule has 1 nitrogen and oxygen atoms in total. The molecule has 1 heterocycles. The lowest BCUT2D eigenvalue weighted by Gasteiger charge is -2.23. The maximum atomic E-state index is 5.31. The van der Waals surface area contributed by atoms with Gasteiger partial charge in [0.2, 0.25) is 0 Å². The third kappa shape index (κ3) is 6.65. The molecule has 0 amide bonds. The molecule has 9 aromatic carbocycles. The molecule has 0 atom stereocenters. The van der Waals surface area contributed by atoms with Crippen LogP contribution in [0.2, 0.25) is 0 Å². The molecule has 61 heavy (non-hydrogen) atoms. The normalized spacial score (nSPS) is 12.6. The zero-order valence-electron chi connectivity index (χ0n) is 34.3. The van der Waals surface area contributed by atoms with Crippen molar-refractivity contribution in [2.75, 3.05) is 0 Å². The first kappa shape index (κ1) is 36.5. The van der Waals surface area contributed by atoms with E-state index in [9.17, 15) is 0 Å². The van der Waals surface area contributed by atoms with Gasteiger partial charge in [-0.05, 0) is 137 Å². The number of aromatic nitrogens is 1. The molecule has 1 heteroatoms. The second-order valence-corrected chi connectivity index (χ2v) is 16.8. The maximum Gasteiger partial charge on any atom is 0.0715 e. The van der Waals surface area contributed by atoms with E-state index in [2.05, 4.69) is 238 Å². The molecule has 11 rings (SSSR count). The van der Waals surface area contributed by atoms with Gasteiger partial charge in [0.25, 0.3) is 0 Å². The van der Waals surface area contributed by atoms with Gasteiger partial charge in [-0.15, -0.1) is 0 Å². The number of nitrogens with zero attached hydrogens (tertiary/aromatic N) is 1. The first-order valence-corrected chi connectivity index (χ1v) is 21.2. The van der Waals surface area contributed by atoms with Gasteiger partial charge < -0.3 is 0 Å². The van der Waals surface area contributed by atoms with Crippen LogP contribution in [0.4, 0.5) is 0 Å². The molecule has 0 bridgehead atoms. The van der Waals surface area contributed by atoms with Crippen molar-refractivity contribution in [3.8, 4) is 89.3 Å². The van der Waals surface area contributed by atoms with Crippen LogP contribution >= 0.6 is 0 Å². The molecule has 10 aromatic rings. The average Bonchev–Trinajstić information content (AvgIpc) is 3.56. The van der Waals surface area contributed by atoms with Crippen molar-refractivity contribution in [2.24, 2.45) is 0 Å². The highest BCUT2D eigenvalue weighted by Gasteiger charge is 2.36. The van der Waals surface area contributed by atoms with Crippen molar-refractivity contribution in [1.29, 1.82) is 0 Å². The lowest BCUT2D eigenvalue weighted by atomic mass is 9.80. The van der Waals surface area contributed by atoms with E-state index >= 15 is 0 Å². The van der Waals surface area contributed by atoms with Gasteiger partial charge >= 0.3 is 0 Å². The van der Waals surface area contributed by atoms with Crippen molar-refractivity contribution in [3.63, 3.8) is 0 Å². The highest BCUT2D eigenvalue weighted by Crippen LogP contribution is 2.52. The largest absolute Gasteiger partial charge is 0.248 e. The van der Waals surface area contributed by atoms with Crippen LogP contribution in [-0.2, 0) is 5.41 Å². The van der Waals surface area contributed by atoms with Crippen LogP contribution in [0, 0.1) is 0 Å². The van der Waals surface area contributed by atoms with E-state index in [1.54, 1.807) is 0 Å². The molecule has 0 aliphatic heterocycles. The van der Waals surface area contributed by atoms with E-state index in [0.29, 0.717) is 0 Å². The number of benzene rings is 9. The van der Waals surface area contributed by atoms with Crippen LogP contribution in [0.5, 0.6) is 0 Å². The average molecular weight is 778 g/mol. The minimum atomic E-state index is -0.114. The van der Waals surface area contributed by atoms with E-state index in [0.717, 1.165) is 39.2 Å². The lowest BCUT2D eigenvalue weighted by Crippen LogP contribution is -2.15. The van der Waals surface area contributed by atoms with Crippen molar-refractivity contribution in [1.82, 2.24) is 4.98 Å². The van der Waals surface area contributed by atoms with Gasteiger partial charge in [-0.2, -0.15) is 0 Å². The van der Waals surface area contributed by atoms with Crippen LogP contribution < -0.4 is 0 Å². The van der Waals surface area contributed by atoms with Crippen LogP contribution in [0.15, 0.2) is 224 Å². The summed E-state index contributed by atoms with van der Waals surface area (Å²) in [5.74, 6) is 0. The smallest absolute Gasteiger partial charge is 0.0715 e. The summed E-state index contributed by atoms with van der Waals surface area (Å²) in [5, 5.41) is 2.49. The zero-order valence-corrected chi connectivity index (χ0v) is 34.3. The third-order valence-corrected chi connectivity index (χ3v) is 12.6. The van der Waals surface area contributed by atoms with Gasteiger partial charge in [-0.25, -0.2) is 4.98 Å². The number of hydrogen-bond acceptors (Lipinski definition) is 1. The van der Waals surface area contributed by atoms with Crippen LogP contribution in [0.25, 0.3) is 100 Å². The predicted molar refractivity (Wildman–Crippen MR) is 257 cm³/mol. The second kappa shape index (κ2) is 14.9. The summed E-state index contributed by atoms with van der Waals surface area (Å²) in [4.78, 5) is 5.31. The van der Waals surface area contributed by atoms with E-state index in [4.69, 9.17) is 4.98 Å². The van der Waals surface area contributed by atoms with Gasteiger partial charge in [-0.1, -0.05) is 190 Å². The summed E-state index contributed by atoms with van der Waals surface area (Å²) in [5.41, 5.74) is 21.3. The summed E-state index contributed by atoms with van der Waals surface area (Å²) < 4.78 is 0. The molecule has 0 unspecified atom stereocenters. The zero-order chi connectivity index (χ0) is 40.9. The van der Waals surface area contributed by atoms with Gasteiger partial charge in [0.15, 0.2) is 0 Å². The van der Waals surface area contributed by atoms with Crippen molar-refractivity contribution >= 4 is 10.8 Å². The Kier molecular flexibility index (Phi) is 8.90. The molecule has 1 aromatic heterocycles. The molecule has 0 radical (unpaired) electrons. The number of rotatable bonds is 7. The van der Waals surface area contributed by atoms with E-state index in [1.165, 1.54) is 72.0 Å². The Labute approximate surface area is 358 Å². The summed E-state index contributed by atoms with van der Waals surface area (Å²) in [6.07, 6.45) is 0. The quantitative estimate of drug-likeness (QED) is 0.157. The van der Waals surface area contributed by atoms with E-state index in [1.807, 2.05) is 0 Å². The highest BCUT2D eigenvalue weighted by molar-refractivity contribution is 5.96. The fourth-order valence-electron chi connectivity index (χ4n) is 9.42. The Morgan fingerprint density at radius 1 is 0.262 bits per heavy atom. The maximum absolute atomic E-state index is 5.31. The van der Waals surface area contributed by atoms with Crippen molar-refractivity contribution in [2.45, 2.75) is 19.3 Å².